The Labute approximate surface area is 128 Å². The van der Waals surface area contributed by atoms with E-state index in [0.717, 1.165) is 0 Å². The third-order valence-electron chi connectivity index (χ3n) is 2.74. The van der Waals surface area contributed by atoms with E-state index in [0.29, 0.717) is 0 Å². The van der Waals surface area contributed by atoms with Gasteiger partial charge in [0.1, 0.15) is 0 Å². The number of hydrogen-bond donors (Lipinski definition) is 9. The minimum Gasteiger partial charge on any atom is -0.479 e. The van der Waals surface area contributed by atoms with E-state index in [9.17, 15) is 23.8 Å². The second-order valence-electron chi connectivity index (χ2n) is 4.48. The average molecular weight is 381 g/mol. The number of carbonyl (C=O) groups excluding carboxylic acids is 1. The molecule has 13 nitrogen and oxygen atoms in total. The molecule has 15 heteroatoms. The van der Waals surface area contributed by atoms with Crippen LogP contribution in [0.4, 0.5) is 0 Å². The van der Waals surface area contributed by atoms with E-state index in [1.165, 1.54) is 0 Å². The number of carboxylic acid groups (broad SMARTS) is 1. The lowest BCUT2D eigenvalue weighted by Gasteiger charge is -2.29. The quantitative estimate of drug-likeness (QED) is 0.141. The summed E-state index contributed by atoms with van der Waals surface area (Å²) in [6, 6.07) is 0. The van der Waals surface area contributed by atoms with Crippen LogP contribution in [0.15, 0.2) is 0 Å². The summed E-state index contributed by atoms with van der Waals surface area (Å²) in [6.45, 7) is -0.523. The van der Waals surface area contributed by atoms with Crippen LogP contribution >= 0.6 is 15.2 Å². The van der Waals surface area contributed by atoms with Gasteiger partial charge in [0.25, 0.3) is 11.0 Å². The van der Waals surface area contributed by atoms with Crippen molar-refractivity contribution in [3.05, 3.63) is 0 Å². The normalized spacial score (nSPS) is 15.8. The molecule has 1 amide bonds. The molecule has 0 fully saturated rings. The maximum absolute atomic E-state index is 11.3. The Hall–Kier alpha value is -0.880. The molecular weight excluding hydrogens is 364 g/mol. The first kappa shape index (κ1) is 22.1. The molecule has 0 aliphatic rings. The highest BCUT2D eigenvalue weighted by atomic mass is 31.2. The second kappa shape index (κ2) is 7.79. The number of aliphatic hydroxyl groups is 3. The Morgan fingerprint density at radius 2 is 1.43 bits per heavy atom. The third kappa shape index (κ3) is 5.60. The maximum Gasteiger partial charge on any atom is 0.369 e. The molecule has 9 N–H and O–H groups in total. The molecule has 0 aromatic rings. The first-order valence-electron chi connectivity index (χ1n) is 5.85. The van der Waals surface area contributed by atoms with Crippen molar-refractivity contribution in [2.24, 2.45) is 0 Å². The molecule has 136 valence electrons. The second-order valence-corrected chi connectivity index (χ2v) is 8.49. The van der Waals surface area contributed by atoms with E-state index in [-0.39, 0.29) is 0 Å². The molecule has 0 bridgehead atoms. The van der Waals surface area contributed by atoms with Crippen LogP contribution in [0.5, 0.6) is 0 Å². The highest BCUT2D eigenvalue weighted by Gasteiger charge is 2.58. The number of hydrogen-bond acceptors (Lipinski definition) is 7. The topological polar surface area (TPSA) is 242 Å². The molecule has 1 unspecified atom stereocenters. The Balaban J connectivity index is 4.66. The number of carboxylic acids is 1. The van der Waals surface area contributed by atoms with Gasteiger partial charge in [0.2, 0.25) is 0 Å². The van der Waals surface area contributed by atoms with Crippen molar-refractivity contribution >= 4 is 27.1 Å². The first-order valence-corrected chi connectivity index (χ1v) is 9.08. The largest absolute Gasteiger partial charge is 0.479 e. The van der Waals surface area contributed by atoms with Gasteiger partial charge >= 0.3 is 21.2 Å². The van der Waals surface area contributed by atoms with E-state index < -0.39 is 63.7 Å². The summed E-state index contributed by atoms with van der Waals surface area (Å²) in [4.78, 5) is 57.0. The monoisotopic (exact) mass is 381 g/mol. The molecule has 23 heavy (non-hydrogen) atoms. The van der Waals surface area contributed by atoms with Crippen LogP contribution in [0.3, 0.4) is 0 Å². The molecule has 0 radical (unpaired) electrons. The van der Waals surface area contributed by atoms with Crippen LogP contribution in [0.25, 0.3) is 0 Å². The van der Waals surface area contributed by atoms with Gasteiger partial charge in [-0.3, -0.25) is 13.9 Å². The summed E-state index contributed by atoms with van der Waals surface area (Å²) in [7, 11) is -11.2. The summed E-state index contributed by atoms with van der Waals surface area (Å²) < 4.78 is 22.1. The van der Waals surface area contributed by atoms with Crippen molar-refractivity contribution in [2.45, 2.75) is 30.1 Å². The van der Waals surface area contributed by atoms with Crippen LogP contribution in [0, 0.1) is 0 Å². The molecular formula is C8H17NO12P2. The zero-order valence-corrected chi connectivity index (χ0v) is 13.2. The Bertz CT molecular complexity index is 515. The van der Waals surface area contributed by atoms with Crippen LogP contribution in [0.1, 0.15) is 12.8 Å². The lowest BCUT2D eigenvalue weighted by molar-refractivity contribution is -0.158. The molecule has 0 aromatic heterocycles. The molecule has 0 heterocycles. The standard InChI is InChI=1S/C8H17NO12P2/c10-4(5(11)7(13)14)6(12)9-3-1-2-8(15,22(16,17)18)23(19,20)21/h4-5,10-11,15H,1-3H2,(H,9,12)(H,13,14)(H2,16,17,18)(H2,19,20,21)/t4-,5?/m0/s1. The zero-order chi connectivity index (χ0) is 18.6. The Kier molecular flexibility index (Phi) is 7.50. The van der Waals surface area contributed by atoms with Gasteiger partial charge in [0, 0.05) is 13.0 Å². The summed E-state index contributed by atoms with van der Waals surface area (Å²) in [5.74, 6) is -3.21. The van der Waals surface area contributed by atoms with Crippen LogP contribution < -0.4 is 5.32 Å². The number of aliphatic hydroxyl groups excluding tert-OH is 2. The smallest absolute Gasteiger partial charge is 0.369 e. The summed E-state index contributed by atoms with van der Waals surface area (Å²) >= 11 is 0. The highest BCUT2D eigenvalue weighted by Crippen LogP contribution is 2.69. The summed E-state index contributed by atoms with van der Waals surface area (Å²) in [6.07, 6.45) is -6.36. The average Bonchev–Trinajstić information content (AvgIpc) is 2.38. The molecule has 2 atom stereocenters. The molecule has 0 saturated heterocycles. The van der Waals surface area contributed by atoms with Gasteiger partial charge in [0.15, 0.2) is 12.2 Å². The fourth-order valence-electron chi connectivity index (χ4n) is 1.38. The van der Waals surface area contributed by atoms with Gasteiger partial charge in [-0.15, -0.1) is 0 Å². The van der Waals surface area contributed by atoms with E-state index in [4.69, 9.17) is 34.9 Å². The minimum atomic E-state index is -5.61. The third-order valence-corrected chi connectivity index (χ3v) is 6.62. The van der Waals surface area contributed by atoms with Gasteiger partial charge in [-0.25, -0.2) is 4.79 Å². The SMILES string of the molecule is O=C(O)C(O)[C@H](O)C(=O)NCCCC(O)(P(=O)(O)O)P(=O)(O)O. The molecule has 0 rings (SSSR count). The Morgan fingerprint density at radius 1 is 1.00 bits per heavy atom. The Morgan fingerprint density at radius 3 is 1.78 bits per heavy atom. The van der Waals surface area contributed by atoms with Crippen molar-refractivity contribution in [2.75, 3.05) is 6.54 Å². The van der Waals surface area contributed by atoms with Gasteiger partial charge in [-0.05, 0) is 6.42 Å². The summed E-state index contributed by atoms with van der Waals surface area (Å²) in [5, 5.41) is 34.1. The van der Waals surface area contributed by atoms with Crippen LogP contribution in [-0.2, 0) is 18.7 Å². The van der Waals surface area contributed by atoms with Gasteiger partial charge in [-0.1, -0.05) is 0 Å². The molecule has 0 aromatic carbocycles. The lowest BCUT2D eigenvalue weighted by atomic mass is 10.2. The molecule has 0 aliphatic heterocycles. The number of amides is 1. The molecule has 0 aliphatic carbocycles. The van der Waals surface area contributed by atoms with Gasteiger partial charge in [0.05, 0.1) is 0 Å². The number of rotatable bonds is 9. The van der Waals surface area contributed by atoms with E-state index in [2.05, 4.69) is 0 Å². The van der Waals surface area contributed by atoms with E-state index in [1.54, 1.807) is 0 Å². The predicted octanol–water partition coefficient (Wildman–Crippen LogP) is -3.31. The van der Waals surface area contributed by atoms with E-state index >= 15 is 0 Å². The number of carbonyl (C=O) groups is 2. The minimum absolute atomic E-state index is 0.523. The number of aliphatic carboxylic acids is 1. The first-order chi connectivity index (χ1) is 10.1. The van der Waals surface area contributed by atoms with Gasteiger partial charge in [-0.2, -0.15) is 0 Å². The number of nitrogens with one attached hydrogen (secondary N) is 1. The molecule has 0 spiro atoms. The van der Waals surface area contributed by atoms with Crippen molar-refractivity contribution in [1.82, 2.24) is 5.32 Å². The van der Waals surface area contributed by atoms with Crippen molar-refractivity contribution in [3.63, 3.8) is 0 Å². The fourth-order valence-corrected chi connectivity index (χ4v) is 3.64. The van der Waals surface area contributed by atoms with Gasteiger partial charge < -0.3 is 45.3 Å². The molecule has 0 saturated carbocycles. The predicted molar refractivity (Wildman–Crippen MR) is 70.9 cm³/mol. The fraction of sp³-hybridized carbons (Fsp3) is 0.750. The zero-order valence-electron chi connectivity index (χ0n) is 11.4. The lowest BCUT2D eigenvalue weighted by Crippen LogP contribution is -2.46. The maximum atomic E-state index is 11.3. The highest BCUT2D eigenvalue weighted by molar-refractivity contribution is 7.72. The van der Waals surface area contributed by atoms with Crippen LogP contribution in [-0.4, -0.2) is 75.7 Å². The van der Waals surface area contributed by atoms with Crippen LogP contribution in [0.2, 0.25) is 0 Å². The van der Waals surface area contributed by atoms with E-state index in [1.807, 2.05) is 5.32 Å². The van der Waals surface area contributed by atoms with Crippen molar-refractivity contribution < 1.29 is 58.7 Å². The summed E-state index contributed by atoms with van der Waals surface area (Å²) in [5.41, 5.74) is 0. The van der Waals surface area contributed by atoms with Crippen molar-refractivity contribution in [3.8, 4) is 0 Å². The van der Waals surface area contributed by atoms with Crippen molar-refractivity contribution in [1.29, 1.82) is 0 Å².